The van der Waals surface area contributed by atoms with E-state index in [1.807, 2.05) is 26.8 Å². The number of unbranched alkanes of at least 4 members (excludes halogenated alkanes) is 1. The van der Waals surface area contributed by atoms with Crippen LogP contribution in [0.5, 0.6) is 0 Å². The van der Waals surface area contributed by atoms with E-state index in [4.69, 9.17) is 4.74 Å². The summed E-state index contributed by atoms with van der Waals surface area (Å²) in [4.78, 5) is 21.9. The fourth-order valence-electron chi connectivity index (χ4n) is 3.72. The first-order chi connectivity index (χ1) is 12.7. The minimum atomic E-state index is -0.523. The molecule has 0 saturated carbocycles. The molecule has 5 nitrogen and oxygen atoms in total. The highest BCUT2D eigenvalue weighted by Gasteiger charge is 2.32. The van der Waals surface area contributed by atoms with Crippen molar-refractivity contribution < 1.29 is 9.53 Å². The highest BCUT2D eigenvalue weighted by atomic mass is 16.6. The number of rotatable bonds is 6. The molecule has 27 heavy (non-hydrogen) atoms. The zero-order valence-corrected chi connectivity index (χ0v) is 18.0. The van der Waals surface area contributed by atoms with Gasteiger partial charge in [-0.25, -0.2) is 9.78 Å². The van der Waals surface area contributed by atoms with E-state index in [1.54, 1.807) is 11.1 Å². The van der Waals surface area contributed by atoms with Crippen molar-refractivity contribution in [1.29, 1.82) is 0 Å². The van der Waals surface area contributed by atoms with Crippen molar-refractivity contribution in [3.8, 4) is 0 Å². The maximum absolute atomic E-state index is 13.0. The Kier molecular flexibility index (Phi) is 7.66. The van der Waals surface area contributed by atoms with Gasteiger partial charge in [0, 0.05) is 30.4 Å². The maximum Gasteiger partial charge on any atom is 0.416 e. The second-order valence-corrected chi connectivity index (χ2v) is 8.74. The Morgan fingerprint density at radius 1 is 1.37 bits per heavy atom. The van der Waals surface area contributed by atoms with Gasteiger partial charge in [0.25, 0.3) is 0 Å². The molecular formula is C22H37N3O2. The molecule has 152 valence electrons. The summed E-state index contributed by atoms with van der Waals surface area (Å²) in [6.45, 7) is 14.1. The maximum atomic E-state index is 13.0. The molecule has 0 N–H and O–H groups in total. The Balaban J connectivity index is 2.39. The molecule has 0 spiro atoms. The number of aromatic nitrogens is 1. The van der Waals surface area contributed by atoms with Crippen LogP contribution in [0.1, 0.15) is 85.3 Å². The molecule has 0 aliphatic carbocycles. The molecule has 2 heterocycles. The van der Waals surface area contributed by atoms with Crippen molar-refractivity contribution >= 4 is 11.9 Å². The molecule has 5 heteroatoms. The number of likely N-dealkylation sites (tertiary alicyclic amines) is 1. The Bertz CT molecular complexity index is 610. The number of nitrogens with zero attached hydrogens (tertiary/aromatic N) is 3. The van der Waals surface area contributed by atoms with Gasteiger partial charge in [-0.1, -0.05) is 25.8 Å². The Morgan fingerprint density at radius 2 is 2.11 bits per heavy atom. The number of carbonyl (C=O) groups is 1. The zero-order chi connectivity index (χ0) is 20.0. The van der Waals surface area contributed by atoms with Gasteiger partial charge in [0.2, 0.25) is 0 Å². The van der Waals surface area contributed by atoms with Crippen LogP contribution in [0.4, 0.5) is 10.6 Å². The van der Waals surface area contributed by atoms with E-state index >= 15 is 0 Å². The molecule has 1 aromatic heterocycles. The smallest absolute Gasteiger partial charge is 0.416 e. The van der Waals surface area contributed by atoms with Crippen LogP contribution < -0.4 is 4.90 Å². The van der Waals surface area contributed by atoms with Crippen molar-refractivity contribution in [2.24, 2.45) is 0 Å². The van der Waals surface area contributed by atoms with Crippen LogP contribution in [0.2, 0.25) is 0 Å². The third kappa shape index (κ3) is 5.93. The van der Waals surface area contributed by atoms with Crippen LogP contribution in [0.3, 0.4) is 0 Å². The van der Waals surface area contributed by atoms with Crippen molar-refractivity contribution in [3.63, 3.8) is 0 Å². The summed E-state index contributed by atoms with van der Waals surface area (Å²) in [6, 6.07) is 4.89. The minimum Gasteiger partial charge on any atom is -0.443 e. The van der Waals surface area contributed by atoms with Gasteiger partial charge in [-0.15, -0.1) is 0 Å². The number of pyridine rings is 1. The van der Waals surface area contributed by atoms with Gasteiger partial charge in [0.15, 0.2) is 0 Å². The summed E-state index contributed by atoms with van der Waals surface area (Å²) >= 11 is 0. The molecule has 1 amide bonds. The summed E-state index contributed by atoms with van der Waals surface area (Å²) in [5.41, 5.74) is 0.624. The van der Waals surface area contributed by atoms with Crippen LogP contribution in [-0.2, 0) is 4.74 Å². The fraction of sp³-hybridized carbons (Fsp3) is 0.727. The Morgan fingerprint density at radius 3 is 2.74 bits per heavy atom. The Hall–Kier alpha value is -1.62. The summed E-state index contributed by atoms with van der Waals surface area (Å²) in [5.74, 6) is 0.762. The first-order valence-corrected chi connectivity index (χ1v) is 10.5. The molecule has 2 rings (SSSR count). The van der Waals surface area contributed by atoms with Gasteiger partial charge in [-0.3, -0.25) is 9.80 Å². The lowest BCUT2D eigenvalue weighted by atomic mass is 9.94. The van der Waals surface area contributed by atoms with Crippen LogP contribution in [0.15, 0.2) is 18.3 Å². The van der Waals surface area contributed by atoms with Crippen molar-refractivity contribution in [3.05, 3.63) is 23.9 Å². The van der Waals surface area contributed by atoms with Gasteiger partial charge in [-0.2, -0.15) is 0 Å². The van der Waals surface area contributed by atoms with Crippen LogP contribution in [-0.4, -0.2) is 40.7 Å². The first-order valence-electron chi connectivity index (χ1n) is 10.5. The second kappa shape index (κ2) is 9.54. The highest BCUT2D eigenvalue weighted by molar-refractivity contribution is 5.87. The summed E-state index contributed by atoms with van der Waals surface area (Å²) < 4.78 is 5.70. The predicted molar refractivity (Wildman–Crippen MR) is 111 cm³/mol. The predicted octanol–water partition coefficient (Wildman–Crippen LogP) is 5.56. The molecular weight excluding hydrogens is 338 g/mol. The van der Waals surface area contributed by atoms with Gasteiger partial charge in [0.05, 0.1) is 0 Å². The van der Waals surface area contributed by atoms with Gasteiger partial charge in [0.1, 0.15) is 11.4 Å². The molecule has 0 radical (unpaired) electrons. The molecule has 1 aromatic rings. The molecule has 1 fully saturated rings. The third-order valence-corrected chi connectivity index (χ3v) is 4.99. The van der Waals surface area contributed by atoms with E-state index < -0.39 is 5.60 Å². The average molecular weight is 376 g/mol. The quantitative estimate of drug-likeness (QED) is 0.653. The normalized spacial score (nSPS) is 18.6. The van der Waals surface area contributed by atoms with Crippen LogP contribution in [0.25, 0.3) is 0 Å². The van der Waals surface area contributed by atoms with Crippen molar-refractivity contribution in [2.75, 3.05) is 18.0 Å². The minimum absolute atomic E-state index is 0.300. The van der Waals surface area contributed by atoms with E-state index in [9.17, 15) is 4.79 Å². The van der Waals surface area contributed by atoms with Gasteiger partial charge in [-0.05, 0) is 66.5 Å². The number of ether oxygens (including phenoxy) is 1. The van der Waals surface area contributed by atoms with E-state index in [1.165, 1.54) is 12.8 Å². The van der Waals surface area contributed by atoms with E-state index in [0.29, 0.717) is 18.6 Å². The molecule has 1 saturated heterocycles. The molecule has 1 atom stereocenters. The fourth-order valence-corrected chi connectivity index (χ4v) is 3.72. The number of hydrogen-bond acceptors (Lipinski definition) is 4. The zero-order valence-electron chi connectivity index (χ0n) is 18.0. The average Bonchev–Trinajstić information content (AvgIpc) is 2.61. The number of anilines is 1. The molecule has 1 aliphatic rings. The third-order valence-electron chi connectivity index (χ3n) is 4.99. The van der Waals surface area contributed by atoms with Crippen molar-refractivity contribution in [1.82, 2.24) is 9.88 Å². The summed E-state index contributed by atoms with van der Waals surface area (Å²) in [6.07, 6.45) is 6.97. The Labute approximate surface area is 165 Å². The van der Waals surface area contributed by atoms with Crippen LogP contribution >= 0.6 is 0 Å². The first kappa shape index (κ1) is 21.7. The number of amides is 1. The topological polar surface area (TPSA) is 45.7 Å². The molecule has 0 bridgehead atoms. The largest absolute Gasteiger partial charge is 0.443 e. The SMILES string of the molecule is CCCCN(C(=O)OC(C)(C)C)c1ncccc1[C@H]1CCCCN1C(C)C. The van der Waals surface area contributed by atoms with Gasteiger partial charge < -0.3 is 4.74 Å². The lowest BCUT2D eigenvalue weighted by molar-refractivity contribution is 0.0577. The molecule has 1 aliphatic heterocycles. The van der Waals surface area contributed by atoms with Gasteiger partial charge >= 0.3 is 6.09 Å². The monoisotopic (exact) mass is 375 g/mol. The summed E-state index contributed by atoms with van der Waals surface area (Å²) in [7, 11) is 0. The standard InChI is InChI=1S/C22H37N3O2/c1-7-8-15-25(21(26)27-22(4,5)6)20-18(12-11-14-23-20)19-13-9-10-16-24(19)17(2)3/h11-12,14,17,19H,7-10,13,15-16H2,1-6H3/t19-/m1/s1. The molecule has 0 unspecified atom stereocenters. The van der Waals surface area contributed by atoms with Crippen molar-refractivity contribution in [2.45, 2.75) is 91.3 Å². The number of hydrogen-bond donors (Lipinski definition) is 0. The number of piperidine rings is 1. The van der Waals surface area contributed by atoms with E-state index in [2.05, 4.69) is 36.7 Å². The van der Waals surface area contributed by atoms with E-state index in [-0.39, 0.29) is 6.09 Å². The summed E-state index contributed by atoms with van der Waals surface area (Å²) in [5, 5.41) is 0. The van der Waals surface area contributed by atoms with E-state index in [0.717, 1.165) is 37.2 Å². The lowest BCUT2D eigenvalue weighted by Gasteiger charge is -2.40. The second-order valence-electron chi connectivity index (χ2n) is 8.74. The van der Waals surface area contributed by atoms with Crippen LogP contribution in [0, 0.1) is 0 Å². The highest BCUT2D eigenvalue weighted by Crippen LogP contribution is 2.37. The lowest BCUT2D eigenvalue weighted by Crippen LogP contribution is -2.41. The number of carbonyl (C=O) groups excluding carboxylic acids is 1. The molecule has 0 aromatic carbocycles.